The van der Waals surface area contributed by atoms with E-state index in [-0.39, 0.29) is 27.9 Å². The Kier molecular flexibility index (Phi) is 5.53. The predicted molar refractivity (Wildman–Crippen MR) is 129 cm³/mol. The van der Waals surface area contributed by atoms with E-state index in [1.165, 1.54) is 35.9 Å². The fraction of sp³-hybridized carbons (Fsp3) is 0. The van der Waals surface area contributed by atoms with Gasteiger partial charge in [0.25, 0.3) is 11.6 Å². The standard InChI is InChI=1S/C21H13N7O4S2/c29-18(17-10-9-16(32-17)14-3-1-2-4-15(14)28(30)31)24-20(33)23-13-7-5-12(6-8-13)19-26-27-11-22-25-21(27)34-19/h1-11H,(H2,23,24,29,33). The van der Waals surface area contributed by atoms with Gasteiger partial charge in [-0.1, -0.05) is 23.5 Å². The molecule has 0 spiro atoms. The van der Waals surface area contributed by atoms with Gasteiger partial charge >= 0.3 is 0 Å². The van der Waals surface area contributed by atoms with Crippen LogP contribution in [0.1, 0.15) is 10.6 Å². The number of nitrogens with one attached hydrogen (secondary N) is 2. The van der Waals surface area contributed by atoms with Crippen LogP contribution < -0.4 is 10.6 Å². The van der Waals surface area contributed by atoms with Crippen LogP contribution in [0.2, 0.25) is 0 Å². The number of hydrogen-bond donors (Lipinski definition) is 2. The quantitative estimate of drug-likeness (QED) is 0.211. The molecule has 3 aromatic heterocycles. The number of anilines is 1. The van der Waals surface area contributed by atoms with Crippen molar-refractivity contribution < 1.29 is 14.1 Å². The number of para-hydroxylation sites is 1. The summed E-state index contributed by atoms with van der Waals surface area (Å²) in [6.07, 6.45) is 1.54. The van der Waals surface area contributed by atoms with Gasteiger partial charge in [0.15, 0.2) is 10.9 Å². The predicted octanol–water partition coefficient (Wildman–Crippen LogP) is 4.15. The lowest BCUT2D eigenvalue weighted by molar-refractivity contribution is -0.384. The van der Waals surface area contributed by atoms with Gasteiger partial charge in [-0.15, -0.1) is 10.2 Å². The smallest absolute Gasteiger partial charge is 0.293 e. The highest BCUT2D eigenvalue weighted by Crippen LogP contribution is 2.31. The van der Waals surface area contributed by atoms with Crippen LogP contribution in [0.25, 0.3) is 26.9 Å². The minimum absolute atomic E-state index is 0.0316. The first-order valence-corrected chi connectivity index (χ1v) is 10.9. The van der Waals surface area contributed by atoms with Crippen molar-refractivity contribution in [2.24, 2.45) is 0 Å². The van der Waals surface area contributed by atoms with E-state index in [0.717, 1.165) is 10.6 Å². The zero-order valence-electron chi connectivity index (χ0n) is 17.0. The maximum atomic E-state index is 12.5. The lowest BCUT2D eigenvalue weighted by Crippen LogP contribution is -2.33. The first-order chi connectivity index (χ1) is 16.5. The highest BCUT2D eigenvalue weighted by Gasteiger charge is 2.19. The van der Waals surface area contributed by atoms with Gasteiger partial charge in [-0.3, -0.25) is 20.2 Å². The second kappa shape index (κ2) is 8.80. The van der Waals surface area contributed by atoms with Crippen LogP contribution in [-0.4, -0.2) is 35.8 Å². The zero-order valence-corrected chi connectivity index (χ0v) is 18.7. The van der Waals surface area contributed by atoms with Crippen molar-refractivity contribution in [3.63, 3.8) is 0 Å². The van der Waals surface area contributed by atoms with Crippen molar-refractivity contribution in [1.29, 1.82) is 0 Å². The molecule has 34 heavy (non-hydrogen) atoms. The largest absolute Gasteiger partial charge is 0.451 e. The summed E-state index contributed by atoms with van der Waals surface area (Å²) in [4.78, 5) is 23.9. The summed E-state index contributed by atoms with van der Waals surface area (Å²) in [6.45, 7) is 0. The van der Waals surface area contributed by atoms with Crippen molar-refractivity contribution in [1.82, 2.24) is 25.1 Å². The lowest BCUT2D eigenvalue weighted by atomic mass is 10.1. The van der Waals surface area contributed by atoms with E-state index in [9.17, 15) is 14.9 Å². The molecule has 11 nitrogen and oxygen atoms in total. The third kappa shape index (κ3) is 4.24. The second-order valence-corrected chi connectivity index (χ2v) is 8.25. The van der Waals surface area contributed by atoms with E-state index in [1.54, 1.807) is 34.8 Å². The summed E-state index contributed by atoms with van der Waals surface area (Å²) < 4.78 is 7.14. The second-order valence-electron chi connectivity index (χ2n) is 6.89. The Balaban J connectivity index is 1.23. The third-order valence-electron chi connectivity index (χ3n) is 4.70. The first kappa shape index (κ1) is 21.4. The van der Waals surface area contributed by atoms with Crippen molar-refractivity contribution in [3.05, 3.63) is 82.9 Å². The highest BCUT2D eigenvalue weighted by molar-refractivity contribution is 7.80. The molecule has 0 fully saturated rings. The number of nitro benzene ring substituents is 1. The average molecular weight is 492 g/mol. The van der Waals surface area contributed by atoms with Crippen LogP contribution in [-0.2, 0) is 0 Å². The van der Waals surface area contributed by atoms with Crippen molar-refractivity contribution in [2.75, 3.05) is 5.32 Å². The summed E-state index contributed by atoms with van der Waals surface area (Å²) in [7, 11) is 0. The molecule has 0 aliphatic rings. The third-order valence-corrected chi connectivity index (χ3v) is 5.87. The van der Waals surface area contributed by atoms with Gasteiger partial charge in [-0.05, 0) is 54.7 Å². The van der Waals surface area contributed by atoms with Crippen molar-refractivity contribution in [3.8, 4) is 21.9 Å². The van der Waals surface area contributed by atoms with Crippen molar-refractivity contribution in [2.45, 2.75) is 0 Å². The molecular formula is C21H13N7O4S2. The average Bonchev–Trinajstić information content (AvgIpc) is 3.56. The number of carbonyl (C=O) groups is 1. The van der Waals surface area contributed by atoms with E-state index < -0.39 is 10.8 Å². The molecule has 0 atom stereocenters. The number of rotatable bonds is 5. The fourth-order valence-corrected chi connectivity index (χ4v) is 4.18. The summed E-state index contributed by atoms with van der Waals surface area (Å²) in [5, 5.41) is 29.7. The molecule has 0 radical (unpaired) electrons. The number of thiocarbonyl (C=S) groups is 1. The van der Waals surface area contributed by atoms with Gasteiger partial charge in [0.05, 0.1) is 10.5 Å². The molecule has 2 N–H and O–H groups in total. The number of furan rings is 1. The Bertz CT molecular complexity index is 1510. The molecule has 1 amide bonds. The molecule has 2 aromatic carbocycles. The fourth-order valence-electron chi connectivity index (χ4n) is 3.15. The van der Waals surface area contributed by atoms with Gasteiger partial charge in [0.2, 0.25) is 4.96 Å². The summed E-state index contributed by atoms with van der Waals surface area (Å²) >= 11 is 6.64. The maximum absolute atomic E-state index is 12.5. The minimum Gasteiger partial charge on any atom is -0.451 e. The van der Waals surface area contributed by atoms with E-state index in [2.05, 4.69) is 25.9 Å². The maximum Gasteiger partial charge on any atom is 0.293 e. The molecule has 0 saturated heterocycles. The van der Waals surface area contributed by atoms with Crippen molar-refractivity contribution >= 4 is 50.9 Å². The van der Waals surface area contributed by atoms with E-state index in [4.69, 9.17) is 16.6 Å². The van der Waals surface area contributed by atoms with Gasteiger partial charge in [0.1, 0.15) is 17.1 Å². The lowest BCUT2D eigenvalue weighted by Gasteiger charge is -2.09. The number of hydrogen-bond acceptors (Lipinski definition) is 9. The Hall–Kier alpha value is -4.49. The molecule has 5 aromatic rings. The molecule has 3 heterocycles. The van der Waals surface area contributed by atoms with Crippen LogP contribution in [0.5, 0.6) is 0 Å². The SMILES string of the molecule is O=C(NC(=S)Nc1ccc(-c2nn3cnnc3s2)cc1)c1ccc(-c2ccccc2[N+](=O)[O-])o1. The summed E-state index contributed by atoms with van der Waals surface area (Å²) in [5.74, 6) is -0.410. The normalized spacial score (nSPS) is 10.8. The molecule has 0 bridgehead atoms. The van der Waals surface area contributed by atoms with Gasteiger partial charge in [-0.25, -0.2) is 0 Å². The molecule has 13 heteroatoms. The molecule has 0 saturated carbocycles. The highest BCUT2D eigenvalue weighted by atomic mass is 32.1. The first-order valence-electron chi connectivity index (χ1n) is 9.71. The van der Waals surface area contributed by atoms with Crippen LogP contribution in [0.3, 0.4) is 0 Å². The number of nitrogens with zero attached hydrogens (tertiary/aromatic N) is 5. The zero-order chi connectivity index (χ0) is 23.7. The Morgan fingerprint density at radius 1 is 1.12 bits per heavy atom. The summed E-state index contributed by atoms with van der Waals surface area (Å²) in [6, 6.07) is 16.4. The number of fused-ring (bicyclic) bond motifs is 1. The Morgan fingerprint density at radius 2 is 1.91 bits per heavy atom. The Morgan fingerprint density at radius 3 is 2.68 bits per heavy atom. The van der Waals surface area contributed by atoms with Crippen LogP contribution in [0.15, 0.2) is 71.4 Å². The monoisotopic (exact) mass is 491 g/mol. The Labute approximate surface area is 200 Å². The van der Waals surface area contributed by atoms with E-state index in [1.807, 2.05) is 12.1 Å². The number of nitro groups is 1. The van der Waals surface area contributed by atoms with E-state index >= 15 is 0 Å². The van der Waals surface area contributed by atoms with Gasteiger partial charge in [-0.2, -0.15) is 9.61 Å². The number of benzene rings is 2. The molecular weight excluding hydrogens is 478 g/mol. The minimum atomic E-state index is -0.585. The van der Waals surface area contributed by atoms with Crippen LogP contribution in [0.4, 0.5) is 11.4 Å². The molecule has 0 aliphatic heterocycles. The number of amides is 1. The summed E-state index contributed by atoms with van der Waals surface area (Å²) in [5.41, 5.74) is 1.72. The van der Waals surface area contributed by atoms with Gasteiger partial charge in [0, 0.05) is 17.3 Å². The van der Waals surface area contributed by atoms with E-state index in [0.29, 0.717) is 10.6 Å². The molecule has 0 unspecified atom stereocenters. The molecule has 168 valence electrons. The molecule has 0 aliphatic carbocycles. The number of aromatic nitrogens is 4. The number of carbonyl (C=O) groups excluding carboxylic acids is 1. The topological polar surface area (TPSA) is 140 Å². The van der Waals surface area contributed by atoms with Crippen LogP contribution >= 0.6 is 23.6 Å². The molecule has 5 rings (SSSR count). The van der Waals surface area contributed by atoms with Gasteiger partial charge < -0.3 is 9.73 Å². The van der Waals surface area contributed by atoms with Crippen LogP contribution in [0, 0.1) is 10.1 Å².